The number of anilines is 1. The number of carbonyl (C=O) groups excluding carboxylic acids is 1. The molecule has 0 aliphatic carbocycles. The zero-order chi connectivity index (χ0) is 21.7. The van der Waals surface area contributed by atoms with Gasteiger partial charge in [-0.2, -0.15) is 0 Å². The van der Waals surface area contributed by atoms with Crippen LogP contribution in [0.4, 0.5) is 5.69 Å². The second-order valence-corrected chi connectivity index (χ2v) is 8.36. The summed E-state index contributed by atoms with van der Waals surface area (Å²) in [4.78, 5) is 12.4. The predicted molar refractivity (Wildman–Crippen MR) is 122 cm³/mol. The lowest BCUT2D eigenvalue weighted by Crippen LogP contribution is -2.16. The van der Waals surface area contributed by atoms with Crippen LogP contribution >= 0.6 is 35.0 Å². The minimum absolute atomic E-state index is 0.141. The van der Waals surface area contributed by atoms with Crippen LogP contribution in [-0.2, 0) is 11.3 Å². The molecule has 9 heteroatoms. The van der Waals surface area contributed by atoms with Gasteiger partial charge in [-0.3, -0.25) is 4.79 Å². The molecule has 0 spiro atoms. The SMILES string of the molecule is CCn1c(SCC(=O)Nc2cc(Cl)ccc2C)nnc1[C@@H](C)Oc1ccccc1Cl. The topological polar surface area (TPSA) is 69.0 Å². The fourth-order valence-corrected chi connectivity index (χ4v) is 4.00. The first-order valence-electron chi connectivity index (χ1n) is 9.42. The summed E-state index contributed by atoms with van der Waals surface area (Å²) >= 11 is 13.5. The van der Waals surface area contributed by atoms with Crippen molar-refractivity contribution in [1.29, 1.82) is 0 Å². The Morgan fingerprint density at radius 3 is 2.73 bits per heavy atom. The van der Waals surface area contributed by atoms with Gasteiger partial charge in [0.1, 0.15) is 5.75 Å². The number of ether oxygens (including phenoxy) is 1. The molecule has 0 bridgehead atoms. The molecule has 1 N–H and O–H groups in total. The van der Waals surface area contributed by atoms with Gasteiger partial charge in [0.05, 0.1) is 10.8 Å². The molecule has 0 saturated heterocycles. The van der Waals surface area contributed by atoms with Crippen LogP contribution in [-0.4, -0.2) is 26.4 Å². The molecule has 3 aromatic rings. The van der Waals surface area contributed by atoms with Gasteiger partial charge in [0, 0.05) is 17.3 Å². The summed E-state index contributed by atoms with van der Waals surface area (Å²) < 4.78 is 7.89. The monoisotopic (exact) mass is 464 g/mol. The van der Waals surface area contributed by atoms with Crippen molar-refractivity contribution in [2.75, 3.05) is 11.1 Å². The maximum atomic E-state index is 12.4. The zero-order valence-electron chi connectivity index (χ0n) is 16.9. The first kappa shape index (κ1) is 22.5. The second kappa shape index (κ2) is 10.2. The predicted octanol–water partition coefficient (Wildman–Crippen LogP) is 5.78. The number of thioether (sulfide) groups is 1. The molecule has 6 nitrogen and oxygen atoms in total. The molecule has 0 radical (unpaired) electrons. The summed E-state index contributed by atoms with van der Waals surface area (Å²) in [6, 6.07) is 12.7. The Hall–Kier alpha value is -2.22. The number of halogens is 2. The van der Waals surface area contributed by atoms with Crippen molar-refractivity contribution in [2.45, 2.75) is 38.6 Å². The Kier molecular flexibility index (Phi) is 7.64. The van der Waals surface area contributed by atoms with E-state index in [1.54, 1.807) is 18.2 Å². The van der Waals surface area contributed by atoms with E-state index in [2.05, 4.69) is 15.5 Å². The maximum absolute atomic E-state index is 12.4. The Morgan fingerprint density at radius 1 is 1.23 bits per heavy atom. The second-order valence-electron chi connectivity index (χ2n) is 6.57. The highest BCUT2D eigenvalue weighted by Gasteiger charge is 2.20. The summed E-state index contributed by atoms with van der Waals surface area (Å²) in [7, 11) is 0. The molecule has 0 unspecified atom stereocenters. The van der Waals surface area contributed by atoms with Crippen molar-refractivity contribution < 1.29 is 9.53 Å². The van der Waals surface area contributed by atoms with Crippen molar-refractivity contribution in [3.05, 3.63) is 63.9 Å². The number of hydrogen-bond acceptors (Lipinski definition) is 5. The van der Waals surface area contributed by atoms with Crippen LogP contribution in [0.5, 0.6) is 5.75 Å². The van der Waals surface area contributed by atoms with Gasteiger partial charge in [0.2, 0.25) is 5.91 Å². The third kappa shape index (κ3) is 5.47. The molecular formula is C21H22Cl2N4O2S. The third-order valence-corrected chi connectivity index (χ3v) is 5.89. The van der Waals surface area contributed by atoms with Gasteiger partial charge in [-0.1, -0.05) is 53.2 Å². The Bertz CT molecular complexity index is 1040. The standard InChI is InChI=1S/C21H22Cl2N4O2S/c1-4-27-20(14(3)29-18-8-6-5-7-16(18)23)25-26-21(27)30-12-19(28)24-17-11-15(22)10-9-13(17)2/h5-11,14H,4,12H2,1-3H3,(H,24,28)/t14-/m1/s1. The van der Waals surface area contributed by atoms with Crippen LogP contribution in [0.1, 0.15) is 31.3 Å². The molecule has 0 aliphatic rings. The number of aryl methyl sites for hydroxylation is 1. The van der Waals surface area contributed by atoms with Crippen molar-refractivity contribution in [3.8, 4) is 5.75 Å². The van der Waals surface area contributed by atoms with E-state index in [1.165, 1.54) is 11.8 Å². The number of rotatable bonds is 8. The highest BCUT2D eigenvalue weighted by molar-refractivity contribution is 7.99. The molecule has 1 atom stereocenters. The lowest BCUT2D eigenvalue weighted by Gasteiger charge is -2.16. The third-order valence-electron chi connectivity index (χ3n) is 4.37. The molecule has 0 fully saturated rings. The number of aromatic nitrogens is 3. The number of amides is 1. The normalized spacial score (nSPS) is 11.9. The van der Waals surface area contributed by atoms with Crippen LogP contribution in [0.15, 0.2) is 47.6 Å². The van der Waals surface area contributed by atoms with E-state index < -0.39 is 0 Å². The van der Waals surface area contributed by atoms with Gasteiger partial charge in [-0.05, 0) is 50.6 Å². The largest absolute Gasteiger partial charge is 0.481 e. The van der Waals surface area contributed by atoms with Crippen molar-refractivity contribution >= 4 is 46.6 Å². The van der Waals surface area contributed by atoms with E-state index in [0.29, 0.717) is 39.0 Å². The average molecular weight is 465 g/mol. The van der Waals surface area contributed by atoms with Crippen LogP contribution < -0.4 is 10.1 Å². The number of para-hydroxylation sites is 1. The average Bonchev–Trinajstić information content (AvgIpc) is 3.14. The molecule has 30 heavy (non-hydrogen) atoms. The van der Waals surface area contributed by atoms with Gasteiger partial charge in [0.25, 0.3) is 0 Å². The highest BCUT2D eigenvalue weighted by Crippen LogP contribution is 2.29. The number of nitrogens with zero attached hydrogens (tertiary/aromatic N) is 3. The number of benzene rings is 2. The molecule has 1 amide bonds. The van der Waals surface area contributed by atoms with E-state index >= 15 is 0 Å². The minimum atomic E-state index is -0.352. The minimum Gasteiger partial charge on any atom is -0.481 e. The highest BCUT2D eigenvalue weighted by atomic mass is 35.5. The lowest BCUT2D eigenvalue weighted by molar-refractivity contribution is -0.113. The number of nitrogens with one attached hydrogen (secondary N) is 1. The van der Waals surface area contributed by atoms with Crippen LogP contribution in [0.2, 0.25) is 10.0 Å². The van der Waals surface area contributed by atoms with E-state index in [1.807, 2.05) is 49.6 Å². The number of hydrogen-bond donors (Lipinski definition) is 1. The molecule has 1 heterocycles. The van der Waals surface area contributed by atoms with E-state index in [-0.39, 0.29) is 17.8 Å². The summed E-state index contributed by atoms with van der Waals surface area (Å²) in [6.07, 6.45) is -0.352. The lowest BCUT2D eigenvalue weighted by atomic mass is 10.2. The van der Waals surface area contributed by atoms with Gasteiger partial charge in [-0.25, -0.2) is 0 Å². The fraction of sp³-hybridized carbons (Fsp3) is 0.286. The quantitative estimate of drug-likeness (QED) is 0.427. The van der Waals surface area contributed by atoms with Crippen LogP contribution in [0, 0.1) is 6.92 Å². The van der Waals surface area contributed by atoms with E-state index in [0.717, 1.165) is 5.56 Å². The molecule has 0 saturated carbocycles. The summed E-state index contributed by atoms with van der Waals surface area (Å²) in [5.74, 6) is 1.32. The van der Waals surface area contributed by atoms with Gasteiger partial charge < -0.3 is 14.6 Å². The van der Waals surface area contributed by atoms with Crippen molar-refractivity contribution in [3.63, 3.8) is 0 Å². The number of carbonyl (C=O) groups is 1. The fourth-order valence-electron chi connectivity index (χ4n) is 2.83. The van der Waals surface area contributed by atoms with Crippen molar-refractivity contribution in [2.24, 2.45) is 0 Å². The zero-order valence-corrected chi connectivity index (χ0v) is 19.2. The van der Waals surface area contributed by atoms with E-state index in [4.69, 9.17) is 27.9 Å². The Labute approximate surface area is 189 Å². The molecular weight excluding hydrogens is 443 g/mol. The van der Waals surface area contributed by atoms with E-state index in [9.17, 15) is 4.79 Å². The molecule has 3 rings (SSSR count). The Balaban J connectivity index is 1.66. The van der Waals surface area contributed by atoms with Gasteiger partial charge in [-0.15, -0.1) is 10.2 Å². The van der Waals surface area contributed by atoms with Crippen LogP contribution in [0.25, 0.3) is 0 Å². The molecule has 0 aliphatic heterocycles. The first-order chi connectivity index (χ1) is 14.4. The maximum Gasteiger partial charge on any atom is 0.234 e. The summed E-state index contributed by atoms with van der Waals surface area (Å²) in [5, 5.41) is 13.2. The smallest absolute Gasteiger partial charge is 0.234 e. The van der Waals surface area contributed by atoms with Crippen LogP contribution in [0.3, 0.4) is 0 Å². The van der Waals surface area contributed by atoms with Gasteiger partial charge in [0.15, 0.2) is 17.1 Å². The molecule has 1 aromatic heterocycles. The first-order valence-corrected chi connectivity index (χ1v) is 11.2. The van der Waals surface area contributed by atoms with Gasteiger partial charge >= 0.3 is 0 Å². The summed E-state index contributed by atoms with van der Waals surface area (Å²) in [5.41, 5.74) is 1.65. The molecule has 158 valence electrons. The molecule has 2 aromatic carbocycles. The Morgan fingerprint density at radius 2 is 2.00 bits per heavy atom. The van der Waals surface area contributed by atoms with Crippen molar-refractivity contribution in [1.82, 2.24) is 14.8 Å². The summed E-state index contributed by atoms with van der Waals surface area (Å²) in [6.45, 7) is 6.45.